The normalized spacial score (nSPS) is 10.3. The Morgan fingerprint density at radius 1 is 1.09 bits per heavy atom. The maximum absolute atomic E-state index is 12.1. The molecule has 0 spiro atoms. The SMILES string of the molecule is NC(=O)Cc1ncc(C(N)=O)c(SCC(=O)c2ccccc2)n1. The summed E-state index contributed by atoms with van der Waals surface area (Å²) in [6.07, 6.45) is 1.09. The summed E-state index contributed by atoms with van der Waals surface area (Å²) in [4.78, 5) is 42.4. The Morgan fingerprint density at radius 3 is 2.39 bits per heavy atom. The highest BCUT2D eigenvalue weighted by Crippen LogP contribution is 2.21. The molecule has 0 saturated heterocycles. The lowest BCUT2D eigenvalue weighted by Crippen LogP contribution is -2.19. The number of benzene rings is 1. The Hall–Kier alpha value is -2.74. The Bertz CT molecular complexity index is 750. The summed E-state index contributed by atoms with van der Waals surface area (Å²) in [5, 5.41) is 0.257. The monoisotopic (exact) mass is 330 g/mol. The fourth-order valence-corrected chi connectivity index (χ4v) is 2.68. The number of ketones is 1. The predicted octanol–water partition coefficient (Wildman–Crippen LogP) is 0.578. The van der Waals surface area contributed by atoms with Crippen LogP contribution in [0.4, 0.5) is 0 Å². The lowest BCUT2D eigenvalue weighted by Gasteiger charge is -2.07. The molecule has 1 heterocycles. The van der Waals surface area contributed by atoms with Crippen molar-refractivity contribution in [3.05, 3.63) is 53.5 Å². The third kappa shape index (κ3) is 4.62. The van der Waals surface area contributed by atoms with Crippen molar-refractivity contribution in [2.24, 2.45) is 11.5 Å². The minimum Gasteiger partial charge on any atom is -0.369 e. The molecule has 0 fully saturated rings. The second-order valence-electron chi connectivity index (χ2n) is 4.59. The van der Waals surface area contributed by atoms with Crippen molar-refractivity contribution in [1.29, 1.82) is 0 Å². The molecule has 0 saturated carbocycles. The first-order chi connectivity index (χ1) is 11.0. The van der Waals surface area contributed by atoms with E-state index in [1.165, 1.54) is 6.20 Å². The van der Waals surface area contributed by atoms with Gasteiger partial charge >= 0.3 is 0 Å². The number of hydrogen-bond acceptors (Lipinski definition) is 6. The Morgan fingerprint density at radius 2 is 1.78 bits per heavy atom. The zero-order chi connectivity index (χ0) is 16.8. The summed E-state index contributed by atoms with van der Waals surface area (Å²) in [5.74, 6) is -1.14. The van der Waals surface area contributed by atoms with Crippen LogP contribution < -0.4 is 11.5 Å². The summed E-state index contributed by atoms with van der Waals surface area (Å²) >= 11 is 1.07. The number of hydrogen-bond donors (Lipinski definition) is 2. The predicted molar refractivity (Wildman–Crippen MR) is 84.9 cm³/mol. The fourth-order valence-electron chi connectivity index (χ4n) is 1.76. The molecule has 0 unspecified atom stereocenters. The Labute approximate surface area is 136 Å². The Balaban J connectivity index is 2.18. The van der Waals surface area contributed by atoms with Gasteiger partial charge in [0.05, 0.1) is 17.7 Å². The molecule has 2 rings (SSSR count). The molecule has 1 aromatic carbocycles. The number of carbonyl (C=O) groups excluding carboxylic acids is 3. The molecule has 0 bridgehead atoms. The van der Waals surface area contributed by atoms with E-state index in [0.717, 1.165) is 11.8 Å². The lowest BCUT2D eigenvalue weighted by molar-refractivity contribution is -0.117. The van der Waals surface area contributed by atoms with Gasteiger partial charge in [0, 0.05) is 11.8 Å². The fraction of sp³-hybridized carbons (Fsp3) is 0.133. The number of nitrogens with zero attached hydrogens (tertiary/aromatic N) is 2. The summed E-state index contributed by atoms with van der Waals surface area (Å²) in [7, 11) is 0. The zero-order valence-electron chi connectivity index (χ0n) is 12.1. The first kappa shape index (κ1) is 16.6. The Kier molecular flexibility index (Phi) is 5.42. The third-order valence-corrected chi connectivity index (χ3v) is 3.83. The molecule has 7 nitrogen and oxygen atoms in total. The van der Waals surface area contributed by atoms with Crippen LogP contribution in [0.5, 0.6) is 0 Å². The van der Waals surface area contributed by atoms with Crippen LogP contribution in [-0.2, 0) is 11.2 Å². The van der Waals surface area contributed by atoms with E-state index in [1.54, 1.807) is 24.3 Å². The highest BCUT2D eigenvalue weighted by atomic mass is 32.2. The van der Waals surface area contributed by atoms with Crippen LogP contribution >= 0.6 is 11.8 Å². The van der Waals surface area contributed by atoms with E-state index < -0.39 is 11.8 Å². The average Bonchev–Trinajstić information content (AvgIpc) is 2.52. The van der Waals surface area contributed by atoms with E-state index >= 15 is 0 Å². The van der Waals surface area contributed by atoms with Crippen LogP contribution in [0.1, 0.15) is 26.5 Å². The molecule has 4 N–H and O–H groups in total. The molecular formula is C15H14N4O3S. The molecule has 2 amide bonds. The van der Waals surface area contributed by atoms with Crippen LogP contribution in [0.3, 0.4) is 0 Å². The molecule has 0 atom stereocenters. The van der Waals surface area contributed by atoms with E-state index in [1.807, 2.05) is 6.07 Å². The van der Waals surface area contributed by atoms with Gasteiger partial charge in [0.2, 0.25) is 5.91 Å². The first-order valence-corrected chi connectivity index (χ1v) is 7.61. The maximum Gasteiger partial charge on any atom is 0.253 e. The van der Waals surface area contributed by atoms with E-state index in [4.69, 9.17) is 11.5 Å². The summed E-state index contributed by atoms with van der Waals surface area (Å²) in [6.45, 7) is 0. The highest BCUT2D eigenvalue weighted by Gasteiger charge is 2.15. The molecule has 23 heavy (non-hydrogen) atoms. The van der Waals surface area contributed by atoms with Crippen molar-refractivity contribution < 1.29 is 14.4 Å². The van der Waals surface area contributed by atoms with Crippen molar-refractivity contribution in [1.82, 2.24) is 9.97 Å². The number of primary amides is 2. The first-order valence-electron chi connectivity index (χ1n) is 6.62. The number of carbonyl (C=O) groups is 3. The van der Waals surface area contributed by atoms with E-state index in [9.17, 15) is 14.4 Å². The topological polar surface area (TPSA) is 129 Å². The largest absolute Gasteiger partial charge is 0.369 e. The highest BCUT2D eigenvalue weighted by molar-refractivity contribution is 8.00. The lowest BCUT2D eigenvalue weighted by atomic mass is 10.2. The van der Waals surface area contributed by atoms with Gasteiger partial charge in [-0.3, -0.25) is 14.4 Å². The summed E-state index contributed by atoms with van der Waals surface area (Å²) in [6, 6.07) is 8.76. The van der Waals surface area contributed by atoms with Gasteiger partial charge in [-0.2, -0.15) is 0 Å². The molecular weight excluding hydrogens is 316 g/mol. The van der Waals surface area contributed by atoms with Crippen LogP contribution in [0.25, 0.3) is 0 Å². The average molecular weight is 330 g/mol. The van der Waals surface area contributed by atoms with E-state index in [2.05, 4.69) is 9.97 Å². The molecule has 0 radical (unpaired) electrons. The number of nitrogens with two attached hydrogens (primary N) is 2. The molecule has 1 aromatic heterocycles. The van der Waals surface area contributed by atoms with Gasteiger partial charge in [-0.25, -0.2) is 9.97 Å². The number of aromatic nitrogens is 2. The second kappa shape index (κ2) is 7.50. The number of thioether (sulfide) groups is 1. The molecule has 0 aliphatic rings. The van der Waals surface area contributed by atoms with Crippen LogP contribution in [0.2, 0.25) is 0 Å². The summed E-state index contributed by atoms with van der Waals surface area (Å²) < 4.78 is 0. The van der Waals surface area contributed by atoms with Crippen molar-refractivity contribution in [2.45, 2.75) is 11.4 Å². The van der Waals surface area contributed by atoms with Crippen molar-refractivity contribution in [2.75, 3.05) is 5.75 Å². The van der Waals surface area contributed by atoms with Crippen molar-refractivity contribution >= 4 is 29.4 Å². The van der Waals surface area contributed by atoms with Crippen LogP contribution in [-0.4, -0.2) is 33.3 Å². The minimum absolute atomic E-state index is 0.0807. The second-order valence-corrected chi connectivity index (χ2v) is 5.55. The molecule has 0 aliphatic heterocycles. The van der Waals surface area contributed by atoms with Gasteiger partial charge in [-0.05, 0) is 0 Å². The van der Waals surface area contributed by atoms with Gasteiger partial charge in [0.25, 0.3) is 5.91 Å². The molecule has 0 aliphatic carbocycles. The molecule has 2 aromatic rings. The quantitative estimate of drug-likeness (QED) is 0.434. The van der Waals surface area contributed by atoms with Gasteiger partial charge in [0.15, 0.2) is 5.78 Å². The van der Waals surface area contributed by atoms with Gasteiger partial charge in [-0.1, -0.05) is 42.1 Å². The van der Waals surface area contributed by atoms with Crippen molar-refractivity contribution in [3.63, 3.8) is 0 Å². The molecule has 8 heteroatoms. The number of rotatable bonds is 7. The minimum atomic E-state index is -0.703. The van der Waals surface area contributed by atoms with E-state index in [0.29, 0.717) is 5.56 Å². The van der Waals surface area contributed by atoms with Gasteiger partial charge in [-0.15, -0.1) is 0 Å². The maximum atomic E-state index is 12.1. The van der Waals surface area contributed by atoms with Crippen LogP contribution in [0, 0.1) is 0 Å². The third-order valence-electron chi connectivity index (χ3n) is 2.84. The van der Waals surface area contributed by atoms with Crippen LogP contribution in [0.15, 0.2) is 41.6 Å². The summed E-state index contributed by atoms with van der Waals surface area (Å²) in [5.41, 5.74) is 11.0. The number of amides is 2. The van der Waals surface area contributed by atoms with Crippen molar-refractivity contribution in [3.8, 4) is 0 Å². The number of Topliss-reactive ketones (excluding diaryl/α,β-unsaturated/α-hetero) is 1. The van der Waals surface area contributed by atoms with Gasteiger partial charge in [0.1, 0.15) is 10.9 Å². The van der Waals surface area contributed by atoms with E-state index in [-0.39, 0.29) is 34.4 Å². The molecule has 118 valence electrons. The zero-order valence-corrected chi connectivity index (χ0v) is 12.9. The smallest absolute Gasteiger partial charge is 0.253 e. The standard InChI is InChI=1S/C15H14N4O3S/c16-12(21)6-13-18-7-10(14(17)22)15(19-13)23-8-11(20)9-4-2-1-3-5-9/h1-5,7H,6,8H2,(H2,16,21)(H2,17,22). The van der Waals surface area contributed by atoms with Gasteiger partial charge < -0.3 is 11.5 Å².